The summed E-state index contributed by atoms with van der Waals surface area (Å²) in [5, 5.41) is 4.31. The molecule has 0 fully saturated rings. The Bertz CT molecular complexity index is 3500. The Morgan fingerprint density at radius 3 is 1.53 bits per heavy atom. The van der Waals surface area contributed by atoms with Gasteiger partial charge in [0, 0.05) is 66.6 Å². The molecule has 0 saturated carbocycles. The molecule has 4 aromatic heterocycles. The fourth-order valence-corrected chi connectivity index (χ4v) is 8.82. The predicted molar refractivity (Wildman–Crippen MR) is 252 cm³/mol. The van der Waals surface area contributed by atoms with E-state index in [9.17, 15) is 0 Å². The molecule has 1 N–H and O–H groups in total. The van der Waals surface area contributed by atoms with Gasteiger partial charge in [0.05, 0.1) is 5.69 Å². The van der Waals surface area contributed by atoms with Crippen LogP contribution in [0.1, 0.15) is 0 Å². The molecule has 0 saturated heterocycles. The van der Waals surface area contributed by atoms with Crippen molar-refractivity contribution < 1.29 is 4.42 Å². The highest BCUT2D eigenvalue weighted by Gasteiger charge is 2.24. The number of benzene rings is 8. The molecule has 6 nitrogen and oxygen atoms in total. The monoisotopic (exact) mass is 793 g/mol. The maximum absolute atomic E-state index is 6.90. The number of aromatic nitrogens is 5. The van der Waals surface area contributed by atoms with Gasteiger partial charge in [0.15, 0.2) is 17.5 Å². The van der Waals surface area contributed by atoms with E-state index in [1.165, 1.54) is 0 Å². The van der Waals surface area contributed by atoms with E-state index in [1.54, 1.807) is 0 Å². The number of hydrogen-bond acceptors (Lipinski definition) is 5. The number of rotatable bonds is 7. The number of pyridine rings is 1. The zero-order valence-corrected chi connectivity index (χ0v) is 33.3. The van der Waals surface area contributed by atoms with E-state index in [2.05, 4.69) is 145 Å². The second kappa shape index (κ2) is 14.7. The first kappa shape index (κ1) is 35.5. The van der Waals surface area contributed by atoms with Gasteiger partial charge in [-0.25, -0.2) is 15.0 Å². The van der Waals surface area contributed by atoms with E-state index in [1.807, 2.05) is 66.9 Å². The van der Waals surface area contributed by atoms with Gasteiger partial charge in [0.1, 0.15) is 11.2 Å². The first-order valence-electron chi connectivity index (χ1n) is 20.7. The van der Waals surface area contributed by atoms with Crippen molar-refractivity contribution in [2.75, 3.05) is 0 Å². The Hall–Kier alpha value is -8.48. The maximum Gasteiger partial charge on any atom is 0.166 e. The molecule has 6 heteroatoms. The number of nitrogens with zero attached hydrogens (tertiary/aromatic N) is 4. The van der Waals surface area contributed by atoms with Crippen LogP contribution in [0.2, 0.25) is 0 Å². The van der Waals surface area contributed by atoms with Gasteiger partial charge in [-0.1, -0.05) is 170 Å². The number of fused-ring (bicyclic) bond motifs is 6. The van der Waals surface area contributed by atoms with E-state index in [-0.39, 0.29) is 0 Å². The van der Waals surface area contributed by atoms with E-state index in [0.29, 0.717) is 23.2 Å². The molecular weight excluding hydrogens is 759 g/mol. The Morgan fingerprint density at radius 2 is 0.887 bits per heavy atom. The third-order valence-electron chi connectivity index (χ3n) is 11.7. The molecule has 0 aliphatic carbocycles. The topological polar surface area (TPSA) is 80.5 Å². The van der Waals surface area contributed by atoms with Gasteiger partial charge in [-0.15, -0.1) is 0 Å². The summed E-state index contributed by atoms with van der Waals surface area (Å²) < 4.78 is 6.90. The van der Waals surface area contributed by atoms with Crippen molar-refractivity contribution in [2.45, 2.75) is 0 Å². The molecule has 0 bridgehead atoms. The fourth-order valence-electron chi connectivity index (χ4n) is 8.82. The summed E-state index contributed by atoms with van der Waals surface area (Å²) in [4.78, 5) is 24.6. The summed E-state index contributed by atoms with van der Waals surface area (Å²) in [6, 6.07) is 69.0. The third kappa shape index (κ3) is 6.04. The number of hydrogen-bond donors (Lipinski definition) is 1. The van der Waals surface area contributed by atoms with Gasteiger partial charge in [-0.2, -0.15) is 0 Å². The molecular formula is C56H35N5O. The molecule has 0 radical (unpaired) electrons. The van der Waals surface area contributed by atoms with E-state index in [4.69, 9.17) is 24.4 Å². The standard InChI is InChI=1S/C56H35N5O/c1-5-17-35(18-6-1)40-26-15-27-41(36-19-7-2-8-20-36)51(40)39-31-47(56-60-54(37-21-9-3-10-22-37)59-55(61-56)38-23-11-4-12-24-38)52(57-34-39)44-29-16-28-43-46-32-49-45(33-50(46)62-53(43)44)42-25-13-14-30-48(42)58-49/h1-34,58H. The van der Waals surface area contributed by atoms with Crippen LogP contribution in [0.5, 0.6) is 0 Å². The van der Waals surface area contributed by atoms with Crippen LogP contribution in [0.4, 0.5) is 0 Å². The zero-order chi connectivity index (χ0) is 41.0. The minimum absolute atomic E-state index is 0.508. The summed E-state index contributed by atoms with van der Waals surface area (Å²) in [7, 11) is 0. The van der Waals surface area contributed by atoms with Crippen molar-refractivity contribution in [1.29, 1.82) is 0 Å². The highest BCUT2D eigenvalue weighted by Crippen LogP contribution is 2.45. The number of aromatic amines is 1. The summed E-state index contributed by atoms with van der Waals surface area (Å²) >= 11 is 0. The third-order valence-corrected chi connectivity index (χ3v) is 11.7. The quantitative estimate of drug-likeness (QED) is 0.174. The highest BCUT2D eigenvalue weighted by molar-refractivity contribution is 6.17. The molecule has 62 heavy (non-hydrogen) atoms. The second-order valence-corrected chi connectivity index (χ2v) is 15.5. The van der Waals surface area contributed by atoms with Crippen molar-refractivity contribution in [3.8, 4) is 78.8 Å². The second-order valence-electron chi connectivity index (χ2n) is 15.5. The Kier molecular flexibility index (Phi) is 8.38. The normalized spacial score (nSPS) is 11.5. The van der Waals surface area contributed by atoms with Crippen LogP contribution in [0.15, 0.2) is 211 Å². The van der Waals surface area contributed by atoms with Crippen molar-refractivity contribution in [1.82, 2.24) is 24.9 Å². The van der Waals surface area contributed by atoms with Crippen LogP contribution in [-0.2, 0) is 0 Å². The van der Waals surface area contributed by atoms with Crippen LogP contribution in [-0.4, -0.2) is 24.9 Å². The first-order valence-corrected chi connectivity index (χ1v) is 20.7. The van der Waals surface area contributed by atoms with E-state index < -0.39 is 0 Å². The van der Waals surface area contributed by atoms with Gasteiger partial charge in [0.2, 0.25) is 0 Å². The van der Waals surface area contributed by atoms with Gasteiger partial charge in [-0.05, 0) is 58.1 Å². The van der Waals surface area contributed by atoms with Crippen LogP contribution >= 0.6 is 0 Å². The average Bonchev–Trinajstić information content (AvgIpc) is 3.91. The summed E-state index contributed by atoms with van der Waals surface area (Å²) in [5.74, 6) is 1.66. The lowest BCUT2D eigenvalue weighted by atomic mass is 9.87. The van der Waals surface area contributed by atoms with Crippen LogP contribution < -0.4 is 0 Å². The number of H-pyrrole nitrogens is 1. The van der Waals surface area contributed by atoms with Gasteiger partial charge in [-0.3, -0.25) is 4.98 Å². The highest BCUT2D eigenvalue weighted by atomic mass is 16.3. The maximum atomic E-state index is 6.90. The molecule has 0 aliphatic heterocycles. The smallest absolute Gasteiger partial charge is 0.166 e. The molecule has 8 aromatic carbocycles. The van der Waals surface area contributed by atoms with E-state index in [0.717, 1.165) is 99.4 Å². The van der Waals surface area contributed by atoms with Gasteiger partial charge < -0.3 is 9.40 Å². The Balaban J connectivity index is 1.15. The molecule has 0 atom stereocenters. The average molecular weight is 794 g/mol. The van der Waals surface area contributed by atoms with Crippen LogP contribution in [0, 0.1) is 0 Å². The lowest BCUT2D eigenvalue weighted by Gasteiger charge is -2.18. The summed E-state index contributed by atoms with van der Waals surface area (Å²) in [6.45, 7) is 0. The number of furan rings is 1. The van der Waals surface area contributed by atoms with Gasteiger partial charge in [0.25, 0.3) is 0 Å². The van der Waals surface area contributed by atoms with Crippen molar-refractivity contribution in [3.05, 3.63) is 206 Å². The molecule has 12 aromatic rings. The zero-order valence-electron chi connectivity index (χ0n) is 33.3. The Morgan fingerprint density at radius 1 is 0.355 bits per heavy atom. The lowest BCUT2D eigenvalue weighted by molar-refractivity contribution is 0.670. The number of para-hydroxylation sites is 2. The molecule has 0 spiro atoms. The first-order chi connectivity index (χ1) is 30.7. The van der Waals surface area contributed by atoms with Gasteiger partial charge >= 0.3 is 0 Å². The van der Waals surface area contributed by atoms with Crippen LogP contribution in [0.25, 0.3) is 123 Å². The van der Waals surface area contributed by atoms with E-state index >= 15 is 0 Å². The fraction of sp³-hybridized carbons (Fsp3) is 0. The molecule has 290 valence electrons. The van der Waals surface area contributed by atoms with Crippen molar-refractivity contribution in [3.63, 3.8) is 0 Å². The SMILES string of the molecule is c1ccc(-c2nc(-c3ccccc3)nc(-c3cc(-c4c(-c5ccccc5)cccc4-c4ccccc4)cnc3-c3cccc4c3oc3cc5c(cc34)[nH]c3ccccc35)n2)cc1. The molecule has 0 aliphatic rings. The Labute approximate surface area is 356 Å². The summed E-state index contributed by atoms with van der Waals surface area (Å²) in [6.07, 6.45) is 1.99. The molecule has 0 amide bonds. The van der Waals surface area contributed by atoms with Crippen molar-refractivity contribution in [2.24, 2.45) is 0 Å². The van der Waals surface area contributed by atoms with Crippen molar-refractivity contribution >= 4 is 43.7 Å². The molecule has 12 rings (SSSR count). The molecule has 0 unspecified atom stereocenters. The predicted octanol–water partition coefficient (Wildman–Crippen LogP) is 14.5. The lowest BCUT2D eigenvalue weighted by Crippen LogP contribution is -2.02. The van der Waals surface area contributed by atoms with Crippen LogP contribution in [0.3, 0.4) is 0 Å². The largest absolute Gasteiger partial charge is 0.455 e. The number of nitrogens with one attached hydrogen (secondary N) is 1. The minimum atomic E-state index is 0.508. The molecule has 4 heterocycles. The minimum Gasteiger partial charge on any atom is -0.455 e. The summed E-state index contributed by atoms with van der Waals surface area (Å²) in [5.41, 5.74) is 14.2.